The molecule has 0 aliphatic carbocycles. The molecule has 5 nitrogen and oxygen atoms in total. The molecule has 7 heteroatoms. The van der Waals surface area contributed by atoms with Gasteiger partial charge in [-0.3, -0.25) is 9.59 Å². The van der Waals surface area contributed by atoms with E-state index in [0.29, 0.717) is 26.2 Å². The van der Waals surface area contributed by atoms with Crippen LogP contribution in [0, 0.1) is 5.82 Å². The van der Waals surface area contributed by atoms with Gasteiger partial charge < -0.3 is 15.5 Å². The first-order valence-corrected chi connectivity index (χ1v) is 7.59. The third kappa shape index (κ3) is 3.41. The first-order chi connectivity index (χ1) is 10.1. The number of rotatable bonds is 3. The molecule has 1 atom stereocenters. The number of likely N-dealkylation sites (N-methyl/N-ethyl adjacent to an activating group) is 1. The molecule has 1 aliphatic rings. The lowest BCUT2D eigenvalue weighted by Crippen LogP contribution is -2.59. The van der Waals surface area contributed by atoms with Crippen molar-refractivity contribution in [3.8, 4) is 0 Å². The predicted molar refractivity (Wildman–Crippen MR) is 80.5 cm³/mol. The van der Waals surface area contributed by atoms with Crippen molar-refractivity contribution in [1.29, 1.82) is 0 Å². The van der Waals surface area contributed by atoms with E-state index in [1.165, 1.54) is 17.0 Å². The van der Waals surface area contributed by atoms with Crippen LogP contribution >= 0.6 is 15.9 Å². The minimum atomic E-state index is -0.621. The van der Waals surface area contributed by atoms with Crippen LogP contribution in [-0.4, -0.2) is 48.9 Å². The van der Waals surface area contributed by atoms with Crippen LogP contribution in [0.5, 0.6) is 0 Å². The summed E-state index contributed by atoms with van der Waals surface area (Å²) in [6.07, 6.45) is 0. The third-order valence-corrected chi connectivity index (χ3v) is 3.95. The second-order valence-electron chi connectivity index (χ2n) is 4.71. The van der Waals surface area contributed by atoms with Crippen LogP contribution in [0.1, 0.15) is 17.3 Å². The molecule has 0 radical (unpaired) electrons. The summed E-state index contributed by atoms with van der Waals surface area (Å²) < 4.78 is 14.3. The topological polar surface area (TPSA) is 61.4 Å². The number of hydrogen-bond donors (Lipinski definition) is 2. The van der Waals surface area contributed by atoms with Gasteiger partial charge in [0, 0.05) is 26.2 Å². The first kappa shape index (κ1) is 15.9. The van der Waals surface area contributed by atoms with Gasteiger partial charge in [-0.2, -0.15) is 0 Å². The van der Waals surface area contributed by atoms with Crippen molar-refractivity contribution < 1.29 is 14.0 Å². The normalized spacial score (nSPS) is 18.4. The number of benzene rings is 1. The molecule has 1 aliphatic heterocycles. The van der Waals surface area contributed by atoms with Gasteiger partial charge in [0.2, 0.25) is 5.91 Å². The minimum Gasteiger partial charge on any atom is -0.355 e. The number of amides is 2. The Morgan fingerprint density at radius 1 is 1.52 bits per heavy atom. The van der Waals surface area contributed by atoms with E-state index < -0.39 is 17.8 Å². The SMILES string of the molecule is CCNC(=O)C1CNCCN1C(=O)c1cccc(Br)c1F. The highest BCUT2D eigenvalue weighted by Crippen LogP contribution is 2.21. The van der Waals surface area contributed by atoms with Gasteiger partial charge in [-0.25, -0.2) is 4.39 Å². The fourth-order valence-corrected chi connectivity index (χ4v) is 2.66. The van der Waals surface area contributed by atoms with E-state index in [-0.39, 0.29) is 15.9 Å². The summed E-state index contributed by atoms with van der Waals surface area (Å²) in [6.45, 7) is 3.62. The molecular weight excluding hydrogens is 341 g/mol. The highest BCUT2D eigenvalue weighted by atomic mass is 79.9. The van der Waals surface area contributed by atoms with Crippen LogP contribution in [0.3, 0.4) is 0 Å². The summed E-state index contributed by atoms with van der Waals surface area (Å²) in [5.74, 6) is -1.30. The predicted octanol–water partition coefficient (Wildman–Crippen LogP) is 1.14. The molecule has 2 amide bonds. The lowest BCUT2D eigenvalue weighted by atomic mass is 10.1. The second-order valence-corrected chi connectivity index (χ2v) is 5.57. The maximum atomic E-state index is 14.1. The van der Waals surface area contributed by atoms with Crippen LogP contribution < -0.4 is 10.6 Å². The number of hydrogen-bond acceptors (Lipinski definition) is 3. The van der Waals surface area contributed by atoms with Crippen LogP contribution in [0.2, 0.25) is 0 Å². The first-order valence-electron chi connectivity index (χ1n) is 6.79. The molecule has 114 valence electrons. The largest absolute Gasteiger partial charge is 0.355 e. The molecule has 2 N–H and O–H groups in total. The molecule has 1 saturated heterocycles. The van der Waals surface area contributed by atoms with Crippen LogP contribution in [-0.2, 0) is 4.79 Å². The molecule has 1 aromatic rings. The molecular formula is C14H17BrFN3O2. The number of nitrogens with one attached hydrogen (secondary N) is 2. The zero-order chi connectivity index (χ0) is 15.4. The van der Waals surface area contributed by atoms with Gasteiger partial charge in [0.1, 0.15) is 11.9 Å². The molecule has 0 saturated carbocycles. The molecule has 0 aromatic heterocycles. The molecule has 0 spiro atoms. The quantitative estimate of drug-likeness (QED) is 0.852. The molecule has 1 fully saturated rings. The number of piperazine rings is 1. The van der Waals surface area contributed by atoms with E-state index in [4.69, 9.17) is 0 Å². The van der Waals surface area contributed by atoms with Crippen molar-refractivity contribution in [1.82, 2.24) is 15.5 Å². The van der Waals surface area contributed by atoms with Gasteiger partial charge in [-0.1, -0.05) is 6.07 Å². The summed E-state index contributed by atoms with van der Waals surface area (Å²) >= 11 is 3.07. The Morgan fingerprint density at radius 2 is 2.29 bits per heavy atom. The van der Waals surface area contributed by atoms with Crippen molar-refractivity contribution in [3.05, 3.63) is 34.1 Å². The van der Waals surface area contributed by atoms with E-state index in [9.17, 15) is 14.0 Å². The van der Waals surface area contributed by atoms with Crippen molar-refractivity contribution in [2.45, 2.75) is 13.0 Å². The molecule has 1 aromatic carbocycles. The van der Waals surface area contributed by atoms with E-state index in [2.05, 4.69) is 26.6 Å². The number of carbonyl (C=O) groups is 2. The van der Waals surface area contributed by atoms with Crippen molar-refractivity contribution in [3.63, 3.8) is 0 Å². The van der Waals surface area contributed by atoms with Gasteiger partial charge in [0.25, 0.3) is 5.91 Å². The Kier molecular flexibility index (Phi) is 5.30. The van der Waals surface area contributed by atoms with E-state index in [1.54, 1.807) is 6.07 Å². The Morgan fingerprint density at radius 3 is 3.00 bits per heavy atom. The summed E-state index contributed by atoms with van der Waals surface area (Å²) in [6, 6.07) is 3.94. The average Bonchev–Trinajstić information content (AvgIpc) is 2.49. The Labute approximate surface area is 131 Å². The number of nitrogens with zero attached hydrogens (tertiary/aromatic N) is 1. The minimum absolute atomic E-state index is 0.0272. The van der Waals surface area contributed by atoms with Gasteiger partial charge in [-0.15, -0.1) is 0 Å². The summed E-state index contributed by atoms with van der Waals surface area (Å²) in [7, 11) is 0. The van der Waals surface area contributed by atoms with Gasteiger partial charge in [0.05, 0.1) is 10.0 Å². The van der Waals surface area contributed by atoms with Gasteiger partial charge in [-0.05, 0) is 35.0 Å². The van der Waals surface area contributed by atoms with Crippen molar-refractivity contribution in [2.75, 3.05) is 26.2 Å². The standard InChI is InChI=1S/C14H17BrFN3O2/c1-2-18-13(20)11-8-17-6-7-19(11)14(21)9-4-3-5-10(15)12(9)16/h3-5,11,17H,2,6-8H2,1H3,(H,18,20). The molecule has 1 unspecified atom stereocenters. The number of halogens is 2. The van der Waals surface area contributed by atoms with Crippen LogP contribution in [0.25, 0.3) is 0 Å². The monoisotopic (exact) mass is 357 g/mol. The van der Waals surface area contributed by atoms with Gasteiger partial charge >= 0.3 is 0 Å². The van der Waals surface area contributed by atoms with Crippen molar-refractivity contribution in [2.24, 2.45) is 0 Å². The highest BCUT2D eigenvalue weighted by molar-refractivity contribution is 9.10. The Balaban J connectivity index is 2.26. The van der Waals surface area contributed by atoms with Crippen LogP contribution in [0.15, 0.2) is 22.7 Å². The maximum absolute atomic E-state index is 14.1. The number of carbonyl (C=O) groups excluding carboxylic acids is 2. The summed E-state index contributed by atoms with van der Waals surface area (Å²) in [5.41, 5.74) is -0.0272. The zero-order valence-electron chi connectivity index (χ0n) is 11.7. The lowest BCUT2D eigenvalue weighted by molar-refractivity contribution is -0.126. The fraction of sp³-hybridized carbons (Fsp3) is 0.429. The van der Waals surface area contributed by atoms with E-state index >= 15 is 0 Å². The summed E-state index contributed by atoms with van der Waals surface area (Å²) in [5, 5.41) is 5.78. The molecule has 21 heavy (non-hydrogen) atoms. The van der Waals surface area contributed by atoms with Crippen LogP contribution in [0.4, 0.5) is 4.39 Å². The fourth-order valence-electron chi connectivity index (χ4n) is 2.30. The molecule has 1 heterocycles. The maximum Gasteiger partial charge on any atom is 0.257 e. The Bertz CT molecular complexity index is 553. The Hall–Kier alpha value is -1.47. The molecule has 0 bridgehead atoms. The smallest absolute Gasteiger partial charge is 0.257 e. The third-order valence-electron chi connectivity index (χ3n) is 3.34. The average molecular weight is 358 g/mol. The van der Waals surface area contributed by atoms with Gasteiger partial charge in [0.15, 0.2) is 0 Å². The second kappa shape index (κ2) is 7.00. The lowest BCUT2D eigenvalue weighted by Gasteiger charge is -2.35. The van der Waals surface area contributed by atoms with Crippen molar-refractivity contribution >= 4 is 27.7 Å². The zero-order valence-corrected chi connectivity index (χ0v) is 13.2. The highest BCUT2D eigenvalue weighted by Gasteiger charge is 2.33. The summed E-state index contributed by atoms with van der Waals surface area (Å²) in [4.78, 5) is 26.0. The van der Waals surface area contributed by atoms with E-state index in [0.717, 1.165) is 0 Å². The molecule has 2 rings (SSSR count). The van der Waals surface area contributed by atoms with E-state index in [1.807, 2.05) is 6.92 Å².